The first-order chi connectivity index (χ1) is 9.54. The van der Waals surface area contributed by atoms with Gasteiger partial charge in [0, 0.05) is 25.0 Å². The minimum Gasteiger partial charge on any atom is -0.355 e. The minimum absolute atomic E-state index is 0.0348. The van der Waals surface area contributed by atoms with Crippen LogP contribution in [-0.4, -0.2) is 39.7 Å². The fourth-order valence-electron chi connectivity index (χ4n) is 1.84. The molecule has 0 spiro atoms. The average Bonchev–Trinajstić information content (AvgIpc) is 2.88. The SMILES string of the molecule is CCNC(=O)C(C)NC(=O)c1cnc2n(c1=O)CCS2. The number of carbonyl (C=O) groups is 2. The van der Waals surface area contributed by atoms with Gasteiger partial charge < -0.3 is 10.6 Å². The molecule has 1 aliphatic rings. The van der Waals surface area contributed by atoms with Crippen molar-refractivity contribution in [2.75, 3.05) is 12.3 Å². The number of fused-ring (bicyclic) bond motifs is 1. The Bertz CT molecular complexity index is 599. The molecule has 0 bridgehead atoms. The highest BCUT2D eigenvalue weighted by atomic mass is 32.2. The summed E-state index contributed by atoms with van der Waals surface area (Å²) in [7, 11) is 0. The van der Waals surface area contributed by atoms with Crippen LogP contribution in [0.3, 0.4) is 0 Å². The van der Waals surface area contributed by atoms with Crippen molar-refractivity contribution in [3.05, 3.63) is 22.1 Å². The lowest BCUT2D eigenvalue weighted by Crippen LogP contribution is -2.46. The number of likely N-dealkylation sites (N-methyl/N-ethyl adjacent to an activating group) is 1. The first kappa shape index (κ1) is 14.6. The van der Waals surface area contributed by atoms with E-state index in [1.807, 2.05) is 0 Å². The Kier molecular flexibility index (Phi) is 4.43. The lowest BCUT2D eigenvalue weighted by molar-refractivity contribution is -0.122. The zero-order valence-electron chi connectivity index (χ0n) is 11.3. The third kappa shape index (κ3) is 2.84. The average molecular weight is 296 g/mol. The van der Waals surface area contributed by atoms with E-state index in [0.29, 0.717) is 18.2 Å². The minimum atomic E-state index is -0.700. The summed E-state index contributed by atoms with van der Waals surface area (Å²) >= 11 is 1.48. The summed E-state index contributed by atoms with van der Waals surface area (Å²) in [6.45, 7) is 4.40. The second kappa shape index (κ2) is 6.08. The summed E-state index contributed by atoms with van der Waals surface area (Å²) in [5.41, 5.74) is -0.395. The molecule has 1 aromatic rings. The van der Waals surface area contributed by atoms with Crippen LogP contribution in [-0.2, 0) is 11.3 Å². The number of carbonyl (C=O) groups excluding carboxylic acids is 2. The zero-order chi connectivity index (χ0) is 14.7. The molecular formula is C12H16N4O3S. The van der Waals surface area contributed by atoms with Crippen LogP contribution in [0.25, 0.3) is 0 Å². The maximum Gasteiger partial charge on any atom is 0.267 e. The monoisotopic (exact) mass is 296 g/mol. The Labute approximate surface area is 120 Å². The Hall–Kier alpha value is -1.83. The van der Waals surface area contributed by atoms with Crippen LogP contribution in [0.1, 0.15) is 24.2 Å². The Morgan fingerprint density at radius 1 is 1.55 bits per heavy atom. The molecule has 7 nitrogen and oxygen atoms in total. The van der Waals surface area contributed by atoms with Gasteiger partial charge >= 0.3 is 0 Å². The van der Waals surface area contributed by atoms with Crippen LogP contribution < -0.4 is 16.2 Å². The van der Waals surface area contributed by atoms with Crippen molar-refractivity contribution in [1.29, 1.82) is 0 Å². The summed E-state index contributed by atoms with van der Waals surface area (Å²) in [6, 6.07) is -0.700. The number of aromatic nitrogens is 2. The summed E-state index contributed by atoms with van der Waals surface area (Å²) < 4.78 is 1.48. The quantitative estimate of drug-likeness (QED) is 0.738. The molecule has 1 unspecified atom stereocenters. The molecule has 0 aromatic carbocycles. The van der Waals surface area contributed by atoms with Gasteiger partial charge in [-0.3, -0.25) is 19.0 Å². The Morgan fingerprint density at radius 2 is 2.30 bits per heavy atom. The van der Waals surface area contributed by atoms with Gasteiger partial charge in [0.2, 0.25) is 5.91 Å². The van der Waals surface area contributed by atoms with Crippen molar-refractivity contribution in [1.82, 2.24) is 20.2 Å². The third-order valence-electron chi connectivity index (χ3n) is 2.89. The van der Waals surface area contributed by atoms with E-state index in [0.717, 1.165) is 5.75 Å². The first-order valence-corrected chi connectivity index (χ1v) is 7.34. The molecule has 2 N–H and O–H groups in total. The predicted molar refractivity (Wildman–Crippen MR) is 74.8 cm³/mol. The number of rotatable bonds is 4. The number of nitrogens with zero attached hydrogens (tertiary/aromatic N) is 2. The predicted octanol–water partition coefficient (Wildman–Crippen LogP) is -0.397. The maximum atomic E-state index is 12.1. The topological polar surface area (TPSA) is 93.1 Å². The normalized spacial score (nSPS) is 14.5. The first-order valence-electron chi connectivity index (χ1n) is 6.35. The Morgan fingerprint density at radius 3 is 3.00 bits per heavy atom. The third-order valence-corrected chi connectivity index (χ3v) is 3.86. The molecule has 0 aliphatic carbocycles. The fraction of sp³-hybridized carbons (Fsp3) is 0.500. The van der Waals surface area contributed by atoms with Crippen molar-refractivity contribution in [2.45, 2.75) is 31.6 Å². The van der Waals surface area contributed by atoms with Gasteiger partial charge in [-0.1, -0.05) is 11.8 Å². The molecule has 108 valence electrons. The smallest absolute Gasteiger partial charge is 0.267 e. The van der Waals surface area contributed by atoms with Gasteiger partial charge in [0.1, 0.15) is 11.6 Å². The lowest BCUT2D eigenvalue weighted by atomic mass is 10.2. The van der Waals surface area contributed by atoms with Crippen LogP contribution in [0.2, 0.25) is 0 Å². The molecule has 2 heterocycles. The van der Waals surface area contributed by atoms with Crippen LogP contribution in [0.5, 0.6) is 0 Å². The van der Waals surface area contributed by atoms with E-state index in [1.165, 1.54) is 22.5 Å². The van der Waals surface area contributed by atoms with Crippen molar-refractivity contribution >= 4 is 23.6 Å². The van der Waals surface area contributed by atoms with E-state index in [-0.39, 0.29) is 17.0 Å². The molecular weight excluding hydrogens is 280 g/mol. The van der Waals surface area contributed by atoms with Gasteiger partial charge in [0.05, 0.1) is 0 Å². The van der Waals surface area contributed by atoms with Gasteiger partial charge in [-0.05, 0) is 13.8 Å². The summed E-state index contributed by atoms with van der Waals surface area (Å²) in [5.74, 6) is -0.0816. The van der Waals surface area contributed by atoms with E-state index in [9.17, 15) is 14.4 Å². The number of nitrogens with one attached hydrogen (secondary N) is 2. The zero-order valence-corrected chi connectivity index (χ0v) is 12.1. The summed E-state index contributed by atoms with van der Waals surface area (Å²) in [6.07, 6.45) is 1.27. The number of hydrogen-bond acceptors (Lipinski definition) is 5. The van der Waals surface area contributed by atoms with E-state index in [4.69, 9.17) is 0 Å². The molecule has 2 rings (SSSR count). The number of amides is 2. The largest absolute Gasteiger partial charge is 0.355 e. The molecule has 2 amide bonds. The maximum absolute atomic E-state index is 12.1. The van der Waals surface area contributed by atoms with E-state index in [1.54, 1.807) is 13.8 Å². The van der Waals surface area contributed by atoms with E-state index in [2.05, 4.69) is 15.6 Å². The van der Waals surface area contributed by atoms with Gasteiger partial charge in [-0.15, -0.1) is 0 Å². The van der Waals surface area contributed by atoms with E-state index >= 15 is 0 Å². The van der Waals surface area contributed by atoms with Crippen molar-refractivity contribution < 1.29 is 9.59 Å². The van der Waals surface area contributed by atoms with Crippen molar-refractivity contribution in [3.63, 3.8) is 0 Å². The molecule has 0 saturated carbocycles. The van der Waals surface area contributed by atoms with Crippen molar-refractivity contribution in [2.24, 2.45) is 0 Å². The summed E-state index contributed by atoms with van der Waals surface area (Å²) in [5, 5.41) is 5.73. The van der Waals surface area contributed by atoms with Crippen LogP contribution >= 0.6 is 11.8 Å². The number of hydrogen-bond donors (Lipinski definition) is 2. The van der Waals surface area contributed by atoms with Gasteiger partial charge in [0.15, 0.2) is 5.16 Å². The molecule has 0 fully saturated rings. The molecule has 1 atom stereocenters. The van der Waals surface area contributed by atoms with Crippen LogP contribution in [0, 0.1) is 0 Å². The molecule has 1 aliphatic heterocycles. The van der Waals surface area contributed by atoms with Gasteiger partial charge in [-0.25, -0.2) is 4.98 Å². The number of thioether (sulfide) groups is 1. The van der Waals surface area contributed by atoms with Crippen LogP contribution in [0.4, 0.5) is 0 Å². The second-order valence-electron chi connectivity index (χ2n) is 4.35. The summed E-state index contributed by atoms with van der Waals surface area (Å²) in [4.78, 5) is 39.8. The molecule has 0 radical (unpaired) electrons. The Balaban J connectivity index is 2.14. The molecule has 1 aromatic heterocycles. The molecule has 0 saturated heterocycles. The lowest BCUT2D eigenvalue weighted by Gasteiger charge is -2.13. The molecule has 8 heteroatoms. The van der Waals surface area contributed by atoms with Gasteiger partial charge in [0.25, 0.3) is 11.5 Å². The van der Waals surface area contributed by atoms with E-state index < -0.39 is 11.9 Å². The highest BCUT2D eigenvalue weighted by molar-refractivity contribution is 7.99. The standard InChI is InChI=1S/C12H16N4O3S/c1-3-13-9(17)7(2)15-10(18)8-6-14-12-16(11(8)19)4-5-20-12/h6-7H,3-5H2,1-2H3,(H,13,17)(H,15,18). The highest BCUT2D eigenvalue weighted by Crippen LogP contribution is 2.20. The van der Waals surface area contributed by atoms with Gasteiger partial charge in [-0.2, -0.15) is 0 Å². The van der Waals surface area contributed by atoms with Crippen molar-refractivity contribution in [3.8, 4) is 0 Å². The highest BCUT2D eigenvalue weighted by Gasteiger charge is 2.22. The second-order valence-corrected chi connectivity index (χ2v) is 5.41. The van der Waals surface area contributed by atoms with Crippen LogP contribution in [0.15, 0.2) is 16.1 Å². The fourth-order valence-corrected chi connectivity index (χ4v) is 2.75. The molecule has 20 heavy (non-hydrogen) atoms.